The van der Waals surface area contributed by atoms with Crippen LogP contribution in [0.5, 0.6) is 11.5 Å². The molecule has 4 aromatic carbocycles. The van der Waals surface area contributed by atoms with Gasteiger partial charge in [-0.15, -0.1) is 0 Å². The summed E-state index contributed by atoms with van der Waals surface area (Å²) in [7, 11) is 0. The van der Waals surface area contributed by atoms with Gasteiger partial charge in [-0.05, 0) is 59.4 Å². The SMILES string of the molecule is Cc1cc(C(C)(C)c2ccccc2)cc(C(=O)[O-])c1O.Cc1cc(C(C)(C)c2ccccc2)cc(C(=O)[O-])c1O.[Zn+2]. The molecule has 0 aliphatic heterocycles. The Morgan fingerprint density at radius 2 is 0.854 bits per heavy atom. The van der Waals surface area contributed by atoms with Gasteiger partial charge in [-0.2, -0.15) is 0 Å². The number of aromatic carboxylic acids is 2. The first kappa shape index (κ1) is 33.3. The van der Waals surface area contributed by atoms with Crippen molar-refractivity contribution in [2.45, 2.75) is 52.4 Å². The van der Waals surface area contributed by atoms with Crippen LogP contribution in [0.3, 0.4) is 0 Å². The van der Waals surface area contributed by atoms with Crippen molar-refractivity contribution in [3.8, 4) is 11.5 Å². The van der Waals surface area contributed by atoms with Gasteiger partial charge in [0, 0.05) is 22.0 Å². The van der Waals surface area contributed by atoms with E-state index in [0.717, 1.165) is 22.3 Å². The van der Waals surface area contributed by atoms with E-state index in [1.807, 2.05) is 100 Å². The first-order valence-corrected chi connectivity index (χ1v) is 12.9. The number of carbonyl (C=O) groups is 2. The predicted molar refractivity (Wildman–Crippen MR) is 151 cm³/mol. The third-order valence-corrected chi connectivity index (χ3v) is 7.48. The topological polar surface area (TPSA) is 121 Å². The van der Waals surface area contributed by atoms with E-state index in [2.05, 4.69) is 0 Å². The Labute approximate surface area is 254 Å². The quantitative estimate of drug-likeness (QED) is 0.306. The summed E-state index contributed by atoms with van der Waals surface area (Å²) in [6.07, 6.45) is 0. The van der Waals surface area contributed by atoms with E-state index in [1.54, 1.807) is 13.8 Å². The molecule has 0 bridgehead atoms. The number of carbonyl (C=O) groups excluding carboxylic acids is 2. The average Bonchev–Trinajstić information content (AvgIpc) is 2.92. The van der Waals surface area contributed by atoms with Crippen molar-refractivity contribution in [1.29, 1.82) is 0 Å². The molecule has 6 nitrogen and oxygen atoms in total. The fourth-order valence-corrected chi connectivity index (χ4v) is 4.63. The normalized spacial score (nSPS) is 11.1. The predicted octanol–water partition coefficient (Wildman–Crippen LogP) is 4.78. The van der Waals surface area contributed by atoms with Crippen molar-refractivity contribution in [1.82, 2.24) is 0 Å². The fourth-order valence-electron chi connectivity index (χ4n) is 4.63. The molecule has 2 N–H and O–H groups in total. The molecule has 0 unspecified atom stereocenters. The first-order chi connectivity index (χ1) is 18.7. The summed E-state index contributed by atoms with van der Waals surface area (Å²) in [5, 5.41) is 41.9. The van der Waals surface area contributed by atoms with Crippen molar-refractivity contribution in [2.75, 3.05) is 0 Å². The molecule has 0 radical (unpaired) electrons. The van der Waals surface area contributed by atoms with Crippen LogP contribution in [0, 0.1) is 13.8 Å². The standard InChI is InChI=1S/2C17H18O3.Zn/c2*1-11-9-13(10-14(15(11)18)16(19)20)17(2,3)12-7-5-4-6-8-12;/h2*4-10,18H,1-3H3,(H,19,20);/q;;+2/p-2. The molecule has 0 heterocycles. The number of hydrogen-bond donors (Lipinski definition) is 2. The number of carboxylic acid groups (broad SMARTS) is 2. The third-order valence-electron chi connectivity index (χ3n) is 7.48. The molecule has 4 rings (SSSR count). The number of aromatic hydroxyl groups is 2. The van der Waals surface area contributed by atoms with Crippen LogP contribution in [0.4, 0.5) is 0 Å². The van der Waals surface area contributed by atoms with Crippen molar-refractivity contribution < 1.29 is 49.5 Å². The fraction of sp³-hybridized carbons (Fsp3) is 0.235. The number of aryl methyl sites for hydroxylation is 2. The van der Waals surface area contributed by atoms with Gasteiger partial charge in [-0.25, -0.2) is 0 Å². The summed E-state index contributed by atoms with van der Waals surface area (Å²) < 4.78 is 0. The summed E-state index contributed by atoms with van der Waals surface area (Å²) in [5.41, 5.74) is 3.85. The Kier molecular flexibility index (Phi) is 10.7. The summed E-state index contributed by atoms with van der Waals surface area (Å²) in [6, 6.07) is 26.3. The van der Waals surface area contributed by atoms with Gasteiger partial charge < -0.3 is 30.0 Å². The molecule has 0 saturated heterocycles. The molecule has 0 amide bonds. The molecular weight excluding hydrogens is 570 g/mol. The Hall–Kier alpha value is -3.96. The second-order valence-electron chi connectivity index (χ2n) is 10.9. The Balaban J connectivity index is 0.000000280. The maximum atomic E-state index is 11.1. The van der Waals surface area contributed by atoms with E-state index in [0.29, 0.717) is 11.1 Å². The monoisotopic (exact) mass is 602 g/mol. The van der Waals surface area contributed by atoms with Crippen LogP contribution < -0.4 is 10.2 Å². The van der Waals surface area contributed by atoms with E-state index in [4.69, 9.17) is 0 Å². The molecule has 0 spiro atoms. The number of benzene rings is 4. The average molecular weight is 604 g/mol. The van der Waals surface area contributed by atoms with Crippen molar-refractivity contribution in [3.05, 3.63) is 129 Å². The van der Waals surface area contributed by atoms with Crippen LogP contribution in [0.15, 0.2) is 84.9 Å². The van der Waals surface area contributed by atoms with Gasteiger partial charge >= 0.3 is 19.5 Å². The summed E-state index contributed by atoms with van der Waals surface area (Å²) in [5.74, 6) is -3.18. The number of carboxylic acids is 2. The minimum absolute atomic E-state index is 0. The molecule has 4 aromatic rings. The molecule has 0 saturated carbocycles. The van der Waals surface area contributed by atoms with Gasteiger partial charge in [0.05, 0.1) is 11.9 Å². The van der Waals surface area contributed by atoms with Crippen LogP contribution in [0.25, 0.3) is 0 Å². The van der Waals surface area contributed by atoms with Gasteiger partial charge in [0.1, 0.15) is 11.5 Å². The van der Waals surface area contributed by atoms with Crippen LogP contribution in [0.1, 0.15) is 81.8 Å². The zero-order valence-corrected chi connectivity index (χ0v) is 27.3. The van der Waals surface area contributed by atoms with Crippen molar-refractivity contribution in [2.24, 2.45) is 0 Å². The smallest absolute Gasteiger partial charge is 0.545 e. The Morgan fingerprint density at radius 1 is 0.561 bits per heavy atom. The van der Waals surface area contributed by atoms with E-state index in [9.17, 15) is 30.0 Å². The van der Waals surface area contributed by atoms with Crippen molar-refractivity contribution in [3.63, 3.8) is 0 Å². The van der Waals surface area contributed by atoms with Gasteiger partial charge in [0.15, 0.2) is 0 Å². The van der Waals surface area contributed by atoms with Crippen molar-refractivity contribution >= 4 is 11.9 Å². The summed E-state index contributed by atoms with van der Waals surface area (Å²) in [6.45, 7) is 11.5. The molecule has 0 aromatic heterocycles. The van der Waals surface area contributed by atoms with Gasteiger partial charge in [0.2, 0.25) is 0 Å². The minimum Gasteiger partial charge on any atom is -0.545 e. The molecule has 0 fully saturated rings. The number of hydrogen-bond acceptors (Lipinski definition) is 6. The Bertz CT molecular complexity index is 1410. The van der Waals surface area contributed by atoms with Gasteiger partial charge in [0.25, 0.3) is 0 Å². The molecule has 7 heteroatoms. The maximum Gasteiger partial charge on any atom is 2.00 e. The molecular formula is C34H34O6Zn. The van der Waals surface area contributed by atoms with Crippen LogP contribution in [0.2, 0.25) is 0 Å². The van der Waals surface area contributed by atoms with Crippen LogP contribution in [-0.2, 0) is 30.3 Å². The van der Waals surface area contributed by atoms with E-state index in [1.165, 1.54) is 12.1 Å². The second kappa shape index (κ2) is 13.1. The zero-order valence-electron chi connectivity index (χ0n) is 24.3. The third kappa shape index (κ3) is 7.22. The summed E-state index contributed by atoms with van der Waals surface area (Å²) in [4.78, 5) is 22.2. The zero-order chi connectivity index (χ0) is 29.8. The van der Waals surface area contributed by atoms with Crippen LogP contribution >= 0.6 is 0 Å². The minimum atomic E-state index is -1.36. The van der Waals surface area contributed by atoms with Gasteiger partial charge in [-0.3, -0.25) is 0 Å². The van der Waals surface area contributed by atoms with E-state index < -0.39 is 11.9 Å². The summed E-state index contributed by atoms with van der Waals surface area (Å²) >= 11 is 0. The maximum absolute atomic E-state index is 11.1. The number of rotatable bonds is 6. The largest absolute Gasteiger partial charge is 2.00 e. The molecule has 208 valence electrons. The molecule has 0 atom stereocenters. The Morgan fingerprint density at radius 3 is 1.12 bits per heavy atom. The first-order valence-electron chi connectivity index (χ1n) is 12.9. The number of phenols is 2. The molecule has 41 heavy (non-hydrogen) atoms. The van der Waals surface area contributed by atoms with Gasteiger partial charge in [-0.1, -0.05) is 100 Å². The van der Waals surface area contributed by atoms with E-state index in [-0.39, 0.29) is 52.9 Å². The molecule has 0 aliphatic carbocycles. The second-order valence-corrected chi connectivity index (χ2v) is 10.9. The molecule has 0 aliphatic rings. The van der Waals surface area contributed by atoms with Crippen LogP contribution in [-0.4, -0.2) is 22.2 Å². The van der Waals surface area contributed by atoms with E-state index >= 15 is 0 Å².